The number of benzene rings is 1. The van der Waals surface area contributed by atoms with E-state index in [0.717, 1.165) is 17.7 Å². The molecule has 1 aliphatic rings. The molecule has 1 fully saturated rings. The van der Waals surface area contributed by atoms with Gasteiger partial charge in [0.25, 0.3) is 5.89 Å². The van der Waals surface area contributed by atoms with Crippen LogP contribution in [0.2, 0.25) is 0 Å². The lowest BCUT2D eigenvalue weighted by molar-refractivity contribution is -0.137. The molecule has 11 heteroatoms. The summed E-state index contributed by atoms with van der Waals surface area (Å²) >= 11 is 0. The largest absolute Gasteiger partial charge is 0.494 e. The Balaban J connectivity index is 1.38. The Kier molecular flexibility index (Phi) is 4.70. The Morgan fingerprint density at radius 2 is 1.55 bits per heavy atom. The van der Waals surface area contributed by atoms with Crippen molar-refractivity contribution in [3.8, 4) is 23.0 Å². The number of pyridine rings is 1. The van der Waals surface area contributed by atoms with Gasteiger partial charge >= 0.3 is 13.3 Å². The van der Waals surface area contributed by atoms with Crippen LogP contribution in [0.1, 0.15) is 33.3 Å². The van der Waals surface area contributed by atoms with E-state index in [1.165, 1.54) is 16.7 Å². The van der Waals surface area contributed by atoms with Crippen LogP contribution in [0.5, 0.6) is 0 Å². The lowest BCUT2D eigenvalue weighted by Crippen LogP contribution is -2.41. The van der Waals surface area contributed by atoms with Crippen molar-refractivity contribution in [1.82, 2.24) is 19.5 Å². The first-order valence-electron chi connectivity index (χ1n) is 10.3. The van der Waals surface area contributed by atoms with Crippen LogP contribution in [-0.4, -0.2) is 37.8 Å². The molecule has 4 aromatic rings. The van der Waals surface area contributed by atoms with E-state index in [1.54, 1.807) is 0 Å². The van der Waals surface area contributed by atoms with Crippen molar-refractivity contribution in [3.05, 3.63) is 54.4 Å². The summed E-state index contributed by atoms with van der Waals surface area (Å²) in [4.78, 5) is 8.63. The topological polar surface area (TPSA) is 74.7 Å². The Bertz CT molecular complexity index is 1310. The van der Waals surface area contributed by atoms with E-state index in [-0.39, 0.29) is 11.6 Å². The fourth-order valence-electron chi connectivity index (χ4n) is 3.48. The van der Waals surface area contributed by atoms with E-state index in [2.05, 4.69) is 15.1 Å². The first kappa shape index (κ1) is 21.7. The van der Waals surface area contributed by atoms with Gasteiger partial charge in [0, 0.05) is 18.0 Å². The zero-order valence-electron chi connectivity index (χ0n) is 18.3. The van der Waals surface area contributed by atoms with Gasteiger partial charge in [-0.2, -0.15) is 18.2 Å². The van der Waals surface area contributed by atoms with Gasteiger partial charge in [-0.05, 0) is 45.3 Å². The predicted octanol–water partition coefficient (Wildman–Crippen LogP) is 4.37. The molecule has 0 aliphatic carbocycles. The van der Waals surface area contributed by atoms with Crippen molar-refractivity contribution >= 4 is 18.2 Å². The number of alkyl halides is 3. The maximum atomic E-state index is 12.9. The number of hydrogen-bond acceptors (Lipinski definition) is 6. The number of fused-ring (bicyclic) bond motifs is 1. The lowest BCUT2D eigenvalue weighted by Gasteiger charge is -2.32. The van der Waals surface area contributed by atoms with Crippen LogP contribution >= 0.6 is 0 Å². The molecule has 1 aliphatic heterocycles. The molecule has 0 spiro atoms. The zero-order chi connectivity index (χ0) is 23.6. The van der Waals surface area contributed by atoms with E-state index in [4.69, 9.17) is 13.8 Å². The second-order valence-corrected chi connectivity index (χ2v) is 8.94. The van der Waals surface area contributed by atoms with Gasteiger partial charge in [-0.3, -0.25) is 0 Å². The van der Waals surface area contributed by atoms with Crippen molar-refractivity contribution in [2.24, 2.45) is 0 Å². The van der Waals surface area contributed by atoms with Gasteiger partial charge in [-0.15, -0.1) is 0 Å². The molecule has 7 nitrogen and oxygen atoms in total. The summed E-state index contributed by atoms with van der Waals surface area (Å²) in [6.45, 7) is 7.97. The quantitative estimate of drug-likeness (QED) is 0.427. The van der Waals surface area contributed by atoms with Crippen molar-refractivity contribution in [1.29, 1.82) is 0 Å². The third-order valence-corrected chi connectivity index (χ3v) is 6.12. The Morgan fingerprint density at radius 1 is 0.879 bits per heavy atom. The molecule has 0 N–H and O–H groups in total. The summed E-state index contributed by atoms with van der Waals surface area (Å²) in [5.74, 6) is 0.441. The highest BCUT2D eigenvalue weighted by Gasteiger charge is 2.51. The van der Waals surface area contributed by atoms with Gasteiger partial charge in [0.1, 0.15) is 11.3 Å². The van der Waals surface area contributed by atoms with E-state index < -0.39 is 30.1 Å². The van der Waals surface area contributed by atoms with Crippen molar-refractivity contribution in [2.75, 3.05) is 0 Å². The normalized spacial score (nSPS) is 17.7. The number of halogens is 3. The van der Waals surface area contributed by atoms with Crippen LogP contribution in [0.4, 0.5) is 13.2 Å². The third kappa shape index (κ3) is 3.81. The molecule has 0 atom stereocenters. The molecular formula is C22H20BF3N4O3. The first-order valence-corrected chi connectivity index (χ1v) is 10.3. The average molecular weight is 456 g/mol. The predicted molar refractivity (Wildman–Crippen MR) is 115 cm³/mol. The maximum Gasteiger partial charge on any atom is 0.494 e. The number of nitrogens with zero attached hydrogens (tertiary/aromatic N) is 4. The average Bonchev–Trinajstić information content (AvgIpc) is 3.43. The zero-order valence-corrected chi connectivity index (χ0v) is 18.3. The second kappa shape index (κ2) is 7.16. The Labute approximate surface area is 187 Å². The molecule has 33 heavy (non-hydrogen) atoms. The minimum absolute atomic E-state index is 0.109. The van der Waals surface area contributed by atoms with Gasteiger partial charge in [-0.25, -0.2) is 4.98 Å². The standard InChI is InChI=1S/C22H20BF3N4O3/c1-20(2)21(3,4)33-23(32-20)15-8-5-13(6-9-15)18-28-19(31-29-18)16-12-30-11-14(22(24,25)26)7-10-17(30)27-16/h5-12H,1-4H3. The van der Waals surface area contributed by atoms with Crippen LogP contribution < -0.4 is 5.46 Å². The lowest BCUT2D eigenvalue weighted by atomic mass is 9.79. The molecule has 0 bridgehead atoms. The van der Waals surface area contributed by atoms with Gasteiger partial charge < -0.3 is 18.2 Å². The van der Waals surface area contributed by atoms with Crippen LogP contribution in [-0.2, 0) is 15.5 Å². The maximum absolute atomic E-state index is 12.9. The number of hydrogen-bond donors (Lipinski definition) is 0. The summed E-state index contributed by atoms with van der Waals surface area (Å²) in [6.07, 6.45) is -2.05. The van der Waals surface area contributed by atoms with E-state index in [9.17, 15) is 13.2 Å². The van der Waals surface area contributed by atoms with Crippen molar-refractivity contribution in [2.45, 2.75) is 45.1 Å². The highest BCUT2D eigenvalue weighted by atomic mass is 19.4. The fourth-order valence-corrected chi connectivity index (χ4v) is 3.48. The Hall–Kier alpha value is -3.18. The number of aromatic nitrogens is 4. The summed E-state index contributed by atoms with van der Waals surface area (Å²) in [5, 5.41) is 3.99. The van der Waals surface area contributed by atoms with Crippen LogP contribution in [0.3, 0.4) is 0 Å². The molecule has 0 saturated carbocycles. The molecule has 1 saturated heterocycles. The van der Waals surface area contributed by atoms with Crippen LogP contribution in [0.15, 0.2) is 53.3 Å². The molecule has 1 aromatic carbocycles. The SMILES string of the molecule is CC1(C)OB(c2ccc(-c3noc(-c4cn5cc(C(F)(F)F)ccc5n4)n3)cc2)OC1(C)C. The van der Waals surface area contributed by atoms with Crippen LogP contribution in [0, 0.1) is 0 Å². The molecule has 3 aromatic heterocycles. The Morgan fingerprint density at radius 3 is 2.18 bits per heavy atom. The van der Waals surface area contributed by atoms with Gasteiger partial charge in [0.2, 0.25) is 5.82 Å². The van der Waals surface area contributed by atoms with Crippen LogP contribution in [0.25, 0.3) is 28.6 Å². The number of imidazole rings is 1. The minimum atomic E-state index is -4.44. The minimum Gasteiger partial charge on any atom is -0.399 e. The third-order valence-electron chi connectivity index (χ3n) is 6.12. The smallest absolute Gasteiger partial charge is 0.399 e. The van der Waals surface area contributed by atoms with Crippen molar-refractivity contribution in [3.63, 3.8) is 0 Å². The molecule has 0 radical (unpaired) electrons. The summed E-state index contributed by atoms with van der Waals surface area (Å²) < 4.78 is 57.6. The summed E-state index contributed by atoms with van der Waals surface area (Å²) in [5.41, 5.74) is 0.538. The van der Waals surface area contributed by atoms with Gasteiger partial charge in [0.05, 0.1) is 16.8 Å². The van der Waals surface area contributed by atoms with Gasteiger partial charge in [-0.1, -0.05) is 29.4 Å². The molecule has 5 rings (SSSR count). The first-order chi connectivity index (χ1) is 15.4. The summed E-state index contributed by atoms with van der Waals surface area (Å²) in [7, 11) is -0.482. The second-order valence-electron chi connectivity index (χ2n) is 8.94. The molecule has 0 amide bonds. The van der Waals surface area contributed by atoms with Gasteiger partial charge in [0.15, 0.2) is 0 Å². The molecule has 4 heterocycles. The molecule has 0 unspecified atom stereocenters. The van der Waals surface area contributed by atoms with E-state index in [1.807, 2.05) is 52.0 Å². The monoisotopic (exact) mass is 456 g/mol. The summed E-state index contributed by atoms with van der Waals surface area (Å²) in [6, 6.07) is 9.67. The fraction of sp³-hybridized carbons (Fsp3) is 0.318. The highest BCUT2D eigenvalue weighted by molar-refractivity contribution is 6.62. The highest BCUT2D eigenvalue weighted by Crippen LogP contribution is 2.36. The van der Waals surface area contributed by atoms with E-state index >= 15 is 0 Å². The van der Waals surface area contributed by atoms with Crippen molar-refractivity contribution < 1.29 is 27.0 Å². The number of rotatable bonds is 3. The van der Waals surface area contributed by atoms with E-state index in [0.29, 0.717) is 17.0 Å². The molecule has 170 valence electrons. The molecular weight excluding hydrogens is 436 g/mol.